The normalized spacial score (nSPS) is 12.1. The number of benzene rings is 7. The summed E-state index contributed by atoms with van der Waals surface area (Å²) in [5, 5.41) is 3.96. The minimum Gasteiger partial charge on any atom is -0.456 e. The van der Waals surface area contributed by atoms with Crippen molar-refractivity contribution in [2.45, 2.75) is 6.42 Å². The van der Waals surface area contributed by atoms with E-state index in [4.69, 9.17) is 33.8 Å². The van der Waals surface area contributed by atoms with Crippen LogP contribution in [0.25, 0.3) is 112 Å². The van der Waals surface area contributed by atoms with Crippen LogP contribution in [0.3, 0.4) is 0 Å². The van der Waals surface area contributed by atoms with Gasteiger partial charge < -0.3 is 8.83 Å². The lowest BCUT2D eigenvalue weighted by Gasteiger charge is -2.17. The predicted molar refractivity (Wildman–Crippen MR) is 225 cm³/mol. The average Bonchev–Trinajstić information content (AvgIpc) is 3.85. The summed E-state index contributed by atoms with van der Waals surface area (Å²) in [7, 11) is 0. The SMILES string of the molecule is c1ccc(-c2nc3nc(n2)-c2cccc4oc5ccc(cc5c24)-c2nc(-c4cccc5c4oc4ccccc45)nc(-c4ccccc4)c2Cc2ccc-3cc2)cc1. The minimum atomic E-state index is 0.576. The molecule has 0 atom stereocenters. The lowest BCUT2D eigenvalue weighted by Crippen LogP contribution is -2.05. The van der Waals surface area contributed by atoms with Crippen molar-refractivity contribution >= 4 is 43.9 Å². The second-order valence-electron chi connectivity index (χ2n) is 14.4. The first-order valence-corrected chi connectivity index (χ1v) is 19.0. The highest BCUT2D eigenvalue weighted by Gasteiger charge is 2.24. The Kier molecular flexibility index (Phi) is 6.85. The maximum absolute atomic E-state index is 6.54. The highest BCUT2D eigenvalue weighted by molar-refractivity contribution is 6.13. The molecule has 0 spiro atoms. The van der Waals surface area contributed by atoms with Gasteiger partial charge in [0.2, 0.25) is 0 Å². The molecule has 7 heteroatoms. The molecule has 57 heavy (non-hydrogen) atoms. The topological polar surface area (TPSA) is 90.7 Å². The molecule has 4 aromatic heterocycles. The third kappa shape index (κ3) is 5.10. The van der Waals surface area contributed by atoms with E-state index in [1.807, 2.05) is 72.8 Å². The van der Waals surface area contributed by atoms with Gasteiger partial charge in [-0.2, -0.15) is 0 Å². The number of para-hydroxylation sites is 2. The van der Waals surface area contributed by atoms with Crippen LogP contribution in [0.2, 0.25) is 0 Å². The zero-order valence-corrected chi connectivity index (χ0v) is 30.3. The maximum atomic E-state index is 6.54. The van der Waals surface area contributed by atoms with Gasteiger partial charge in [-0.15, -0.1) is 0 Å². The monoisotopic (exact) mass is 731 g/mol. The molecule has 0 saturated carbocycles. The van der Waals surface area contributed by atoms with E-state index in [2.05, 4.69) is 91.0 Å². The summed E-state index contributed by atoms with van der Waals surface area (Å²) in [6.45, 7) is 0. The van der Waals surface area contributed by atoms with E-state index >= 15 is 0 Å². The Morgan fingerprint density at radius 3 is 1.75 bits per heavy atom. The van der Waals surface area contributed by atoms with Crippen molar-refractivity contribution in [3.8, 4) is 68.1 Å². The Morgan fingerprint density at radius 1 is 0.368 bits per heavy atom. The fourth-order valence-corrected chi connectivity index (χ4v) is 8.25. The van der Waals surface area contributed by atoms with Crippen LogP contribution in [-0.2, 0) is 6.42 Å². The number of rotatable bonds is 3. The highest BCUT2D eigenvalue weighted by Crippen LogP contribution is 2.42. The van der Waals surface area contributed by atoms with Gasteiger partial charge in [-0.05, 0) is 42.0 Å². The van der Waals surface area contributed by atoms with E-state index in [9.17, 15) is 0 Å². The number of nitrogens with zero attached hydrogens (tertiary/aromatic N) is 5. The zero-order valence-electron chi connectivity index (χ0n) is 30.3. The second kappa shape index (κ2) is 12.4. The number of fused-ring (bicyclic) bond motifs is 5. The van der Waals surface area contributed by atoms with Gasteiger partial charge in [0.1, 0.15) is 22.3 Å². The molecule has 11 aromatic rings. The van der Waals surface area contributed by atoms with E-state index in [1.165, 1.54) is 0 Å². The number of hydrogen-bond acceptors (Lipinski definition) is 7. The van der Waals surface area contributed by atoms with Crippen LogP contribution >= 0.6 is 0 Å². The Morgan fingerprint density at radius 2 is 0.947 bits per heavy atom. The van der Waals surface area contributed by atoms with Crippen LogP contribution in [0.5, 0.6) is 0 Å². The van der Waals surface area contributed by atoms with Crippen LogP contribution in [0, 0.1) is 0 Å². The van der Waals surface area contributed by atoms with Crippen LogP contribution in [0.15, 0.2) is 173 Å². The zero-order chi connectivity index (χ0) is 37.5. The van der Waals surface area contributed by atoms with Crippen molar-refractivity contribution < 1.29 is 8.83 Å². The quantitative estimate of drug-likeness (QED) is 0.179. The molecule has 0 aliphatic carbocycles. The van der Waals surface area contributed by atoms with Crippen molar-refractivity contribution in [2.24, 2.45) is 0 Å². The first kappa shape index (κ1) is 31.6. The number of furan rings is 2. The number of aromatic nitrogens is 5. The molecule has 13 rings (SSSR count). The summed E-state index contributed by atoms with van der Waals surface area (Å²) in [6, 6.07) is 55.7. The van der Waals surface area contributed by atoms with Crippen LogP contribution in [-0.4, -0.2) is 24.9 Å². The molecule has 0 fully saturated rings. The van der Waals surface area contributed by atoms with Gasteiger partial charge in [0.05, 0.1) is 17.0 Å². The summed E-state index contributed by atoms with van der Waals surface area (Å²) < 4.78 is 13.1. The first-order chi connectivity index (χ1) is 28.2. The summed E-state index contributed by atoms with van der Waals surface area (Å²) in [4.78, 5) is 26.1. The lowest BCUT2D eigenvalue weighted by molar-refractivity contribution is 0.669. The van der Waals surface area contributed by atoms with E-state index in [0.717, 1.165) is 99.8 Å². The van der Waals surface area contributed by atoms with Crippen molar-refractivity contribution in [2.75, 3.05) is 0 Å². The third-order valence-corrected chi connectivity index (χ3v) is 11.0. The van der Waals surface area contributed by atoms with E-state index in [0.29, 0.717) is 29.7 Å². The smallest absolute Gasteiger partial charge is 0.164 e. The summed E-state index contributed by atoms with van der Waals surface area (Å²) in [5.41, 5.74) is 12.4. The number of hydrogen-bond donors (Lipinski definition) is 0. The summed E-state index contributed by atoms with van der Waals surface area (Å²) in [5.74, 6) is 2.37. The van der Waals surface area contributed by atoms with E-state index in [1.54, 1.807) is 0 Å². The molecule has 7 aromatic carbocycles. The Hall–Kier alpha value is -7.77. The summed E-state index contributed by atoms with van der Waals surface area (Å²) in [6.07, 6.45) is 0.585. The van der Waals surface area contributed by atoms with Crippen LogP contribution < -0.4 is 0 Å². The van der Waals surface area contributed by atoms with Gasteiger partial charge in [-0.1, -0.05) is 127 Å². The van der Waals surface area contributed by atoms with Crippen LogP contribution in [0.1, 0.15) is 11.1 Å². The van der Waals surface area contributed by atoms with Gasteiger partial charge >= 0.3 is 0 Å². The lowest BCUT2D eigenvalue weighted by atomic mass is 9.93. The molecular formula is C50H29N5O2. The van der Waals surface area contributed by atoms with Crippen molar-refractivity contribution in [3.05, 3.63) is 175 Å². The molecule has 2 aliphatic heterocycles. The Labute approximate surface area is 326 Å². The predicted octanol–water partition coefficient (Wildman–Crippen LogP) is 12.4. The second-order valence-corrected chi connectivity index (χ2v) is 14.4. The first-order valence-electron chi connectivity index (χ1n) is 19.0. The molecule has 0 radical (unpaired) electrons. The van der Waals surface area contributed by atoms with Crippen LogP contribution in [0.4, 0.5) is 0 Å². The molecule has 2 aliphatic rings. The largest absolute Gasteiger partial charge is 0.456 e. The van der Waals surface area contributed by atoms with Gasteiger partial charge in [0.25, 0.3) is 0 Å². The van der Waals surface area contributed by atoms with Gasteiger partial charge in [0.15, 0.2) is 23.3 Å². The molecular weight excluding hydrogens is 703 g/mol. The minimum absolute atomic E-state index is 0.576. The third-order valence-electron chi connectivity index (χ3n) is 11.0. The van der Waals surface area contributed by atoms with Crippen molar-refractivity contribution in [3.63, 3.8) is 0 Å². The van der Waals surface area contributed by atoms with Crippen molar-refractivity contribution in [1.29, 1.82) is 0 Å². The van der Waals surface area contributed by atoms with E-state index in [-0.39, 0.29) is 0 Å². The molecule has 6 heterocycles. The van der Waals surface area contributed by atoms with Crippen molar-refractivity contribution in [1.82, 2.24) is 24.9 Å². The fourth-order valence-electron chi connectivity index (χ4n) is 8.25. The molecule has 0 saturated heterocycles. The molecule has 0 unspecified atom stereocenters. The van der Waals surface area contributed by atoms with E-state index < -0.39 is 0 Å². The molecule has 7 nitrogen and oxygen atoms in total. The maximum Gasteiger partial charge on any atom is 0.164 e. The average molecular weight is 732 g/mol. The standard InChI is InChI=1S/C50H29N5O2/c1-3-11-30(12-4-1)44-39-27-29-21-23-32(24-22-29)48-53-47(31-13-5-2-6-14-31)54-49(55-48)36-17-10-20-42-43(36)38-28-33(25-26-41(38)56-42)45(39)52-50(51-44)37-18-9-16-35-34-15-7-8-19-40(34)57-46(35)37/h1-26,28H,27H2. The molecule has 0 amide bonds. The summed E-state index contributed by atoms with van der Waals surface area (Å²) >= 11 is 0. The molecule has 0 N–H and O–H groups in total. The molecule has 266 valence electrons. The van der Waals surface area contributed by atoms with Gasteiger partial charge in [-0.25, -0.2) is 24.9 Å². The Bertz CT molecular complexity index is 3370. The Balaban J connectivity index is 1.18. The van der Waals surface area contributed by atoms with Gasteiger partial charge in [0, 0.05) is 61.3 Å². The highest BCUT2D eigenvalue weighted by atomic mass is 16.3. The van der Waals surface area contributed by atoms with Gasteiger partial charge in [-0.3, -0.25) is 0 Å². The fraction of sp³-hybridized carbons (Fsp3) is 0.0200. The molecule has 6 bridgehead atoms.